The Labute approximate surface area is 109 Å². The van der Waals surface area contributed by atoms with Crippen LogP contribution in [0.4, 0.5) is 0 Å². The maximum atomic E-state index is 12.2. The van der Waals surface area contributed by atoms with Crippen molar-refractivity contribution in [3.8, 4) is 0 Å². The lowest BCUT2D eigenvalue weighted by atomic mass is 10.3. The number of amides is 1. The molecule has 0 bridgehead atoms. The Hall–Kier alpha value is -0.650. The second-order valence-corrected chi connectivity index (χ2v) is 5.13. The van der Waals surface area contributed by atoms with Crippen LogP contribution in [0.1, 0.15) is 25.7 Å². The molecule has 18 heavy (non-hydrogen) atoms. The number of ether oxygens (including phenoxy) is 1. The van der Waals surface area contributed by atoms with Crippen molar-refractivity contribution in [3.05, 3.63) is 0 Å². The van der Waals surface area contributed by atoms with E-state index < -0.39 is 0 Å². The van der Waals surface area contributed by atoms with Gasteiger partial charge in [0.25, 0.3) is 0 Å². The Kier molecular flexibility index (Phi) is 5.41. The summed E-state index contributed by atoms with van der Waals surface area (Å²) >= 11 is 0. The van der Waals surface area contributed by atoms with Crippen molar-refractivity contribution < 1.29 is 14.6 Å². The van der Waals surface area contributed by atoms with Gasteiger partial charge in [-0.2, -0.15) is 0 Å². The van der Waals surface area contributed by atoms with Crippen molar-refractivity contribution >= 4 is 5.91 Å². The fourth-order valence-electron chi connectivity index (χ4n) is 2.34. The van der Waals surface area contributed by atoms with Crippen LogP contribution in [0.25, 0.3) is 0 Å². The van der Waals surface area contributed by atoms with Gasteiger partial charge < -0.3 is 14.7 Å². The number of aliphatic hydroxyl groups is 1. The van der Waals surface area contributed by atoms with E-state index in [1.54, 1.807) is 0 Å². The van der Waals surface area contributed by atoms with E-state index in [2.05, 4.69) is 4.90 Å². The third-order valence-electron chi connectivity index (χ3n) is 3.62. The van der Waals surface area contributed by atoms with Gasteiger partial charge in [-0.05, 0) is 32.2 Å². The molecule has 2 rings (SSSR count). The molecule has 1 saturated heterocycles. The molecule has 1 saturated carbocycles. The molecule has 2 aliphatic rings. The van der Waals surface area contributed by atoms with Crippen molar-refractivity contribution in [2.24, 2.45) is 0 Å². The fraction of sp³-hybridized carbons (Fsp3) is 0.923. The van der Waals surface area contributed by atoms with Crippen LogP contribution in [0.5, 0.6) is 0 Å². The highest BCUT2D eigenvalue weighted by Gasteiger charge is 2.31. The molecule has 1 N–H and O–H groups in total. The molecule has 104 valence electrons. The number of nitrogens with zero attached hydrogens (tertiary/aromatic N) is 2. The van der Waals surface area contributed by atoms with Crippen LogP contribution < -0.4 is 0 Å². The fourth-order valence-corrected chi connectivity index (χ4v) is 2.34. The summed E-state index contributed by atoms with van der Waals surface area (Å²) in [5.41, 5.74) is 0. The van der Waals surface area contributed by atoms with Crippen LogP contribution in [0.2, 0.25) is 0 Å². The van der Waals surface area contributed by atoms with Gasteiger partial charge in [-0.25, -0.2) is 0 Å². The van der Waals surface area contributed by atoms with Gasteiger partial charge in [0.05, 0.1) is 19.8 Å². The monoisotopic (exact) mass is 256 g/mol. The minimum Gasteiger partial charge on any atom is -0.396 e. The van der Waals surface area contributed by atoms with Crippen LogP contribution >= 0.6 is 0 Å². The second-order valence-electron chi connectivity index (χ2n) is 5.13. The number of morpholine rings is 1. The first-order valence-electron chi connectivity index (χ1n) is 7.01. The molecular weight excluding hydrogens is 232 g/mol. The highest BCUT2D eigenvalue weighted by atomic mass is 16.5. The predicted octanol–water partition coefficient (Wildman–Crippen LogP) is 0.0821. The van der Waals surface area contributed by atoms with Gasteiger partial charge in [0.15, 0.2) is 0 Å². The van der Waals surface area contributed by atoms with E-state index in [0.717, 1.165) is 32.5 Å². The quantitative estimate of drug-likeness (QED) is 0.656. The molecule has 5 heteroatoms. The van der Waals surface area contributed by atoms with Gasteiger partial charge in [-0.1, -0.05) is 0 Å². The van der Waals surface area contributed by atoms with Crippen LogP contribution in [0, 0.1) is 0 Å². The van der Waals surface area contributed by atoms with Crippen molar-refractivity contribution in [2.45, 2.75) is 31.7 Å². The molecule has 0 spiro atoms. The molecule has 5 nitrogen and oxygen atoms in total. The number of aliphatic hydroxyl groups excluding tert-OH is 1. The average molecular weight is 256 g/mol. The summed E-state index contributed by atoms with van der Waals surface area (Å²) in [7, 11) is 0. The molecule has 0 aromatic carbocycles. The Morgan fingerprint density at radius 1 is 1.28 bits per heavy atom. The predicted molar refractivity (Wildman–Crippen MR) is 68.3 cm³/mol. The van der Waals surface area contributed by atoms with E-state index >= 15 is 0 Å². The van der Waals surface area contributed by atoms with Crippen LogP contribution in [0.15, 0.2) is 0 Å². The van der Waals surface area contributed by atoms with Crippen LogP contribution in [-0.2, 0) is 9.53 Å². The standard InChI is InChI=1S/C13H24N2O3/c16-8-2-1-5-15(12-3-4-12)11-13(17)14-6-9-18-10-7-14/h12,16H,1-11H2. The van der Waals surface area contributed by atoms with Gasteiger partial charge >= 0.3 is 0 Å². The molecule has 0 aromatic rings. The summed E-state index contributed by atoms with van der Waals surface area (Å²) in [5, 5.41) is 8.81. The van der Waals surface area contributed by atoms with Gasteiger partial charge in [-0.3, -0.25) is 9.69 Å². The molecule has 0 radical (unpaired) electrons. The molecule has 1 aliphatic heterocycles. The minimum absolute atomic E-state index is 0.231. The zero-order valence-electron chi connectivity index (χ0n) is 11.0. The number of unbranched alkanes of at least 4 members (excludes halogenated alkanes) is 1. The van der Waals surface area contributed by atoms with E-state index in [1.807, 2.05) is 4.90 Å². The summed E-state index contributed by atoms with van der Waals surface area (Å²) in [6.07, 6.45) is 4.24. The van der Waals surface area contributed by atoms with E-state index in [1.165, 1.54) is 12.8 Å². The summed E-state index contributed by atoms with van der Waals surface area (Å²) in [5.74, 6) is 0.231. The molecule has 1 heterocycles. The lowest BCUT2D eigenvalue weighted by Gasteiger charge is -2.30. The molecule has 0 unspecified atom stereocenters. The van der Waals surface area contributed by atoms with Gasteiger partial charge in [-0.15, -0.1) is 0 Å². The summed E-state index contributed by atoms with van der Waals surface area (Å²) in [6, 6.07) is 0.605. The second kappa shape index (κ2) is 7.07. The molecular formula is C13H24N2O3. The van der Waals surface area contributed by atoms with E-state index in [4.69, 9.17) is 9.84 Å². The zero-order chi connectivity index (χ0) is 12.8. The number of hydrogen-bond acceptors (Lipinski definition) is 4. The third-order valence-corrected chi connectivity index (χ3v) is 3.62. The van der Waals surface area contributed by atoms with Gasteiger partial charge in [0.2, 0.25) is 5.91 Å². The topological polar surface area (TPSA) is 53.0 Å². The summed E-state index contributed by atoms with van der Waals surface area (Å²) < 4.78 is 5.26. The lowest BCUT2D eigenvalue weighted by molar-refractivity contribution is -0.136. The highest BCUT2D eigenvalue weighted by molar-refractivity contribution is 5.78. The number of carbonyl (C=O) groups is 1. The number of carbonyl (C=O) groups excluding carboxylic acids is 1. The molecule has 0 aromatic heterocycles. The normalized spacial score (nSPS) is 20.4. The van der Waals surface area contributed by atoms with Crippen molar-refractivity contribution in [1.29, 1.82) is 0 Å². The maximum Gasteiger partial charge on any atom is 0.236 e. The SMILES string of the molecule is O=C(CN(CCCCO)C1CC1)N1CCOCC1. The van der Waals surface area contributed by atoms with Gasteiger partial charge in [0, 0.05) is 25.7 Å². The first-order chi connectivity index (χ1) is 8.81. The van der Waals surface area contributed by atoms with E-state index in [-0.39, 0.29) is 12.5 Å². The third kappa shape index (κ3) is 4.23. The molecule has 2 fully saturated rings. The number of rotatable bonds is 7. The Morgan fingerprint density at radius 2 is 2.00 bits per heavy atom. The van der Waals surface area contributed by atoms with Gasteiger partial charge in [0.1, 0.15) is 0 Å². The lowest BCUT2D eigenvalue weighted by Crippen LogP contribution is -2.46. The first kappa shape index (κ1) is 13.8. The van der Waals surface area contributed by atoms with Crippen molar-refractivity contribution in [3.63, 3.8) is 0 Å². The Morgan fingerprint density at radius 3 is 2.61 bits per heavy atom. The largest absolute Gasteiger partial charge is 0.396 e. The van der Waals surface area contributed by atoms with Crippen molar-refractivity contribution in [2.75, 3.05) is 46.0 Å². The molecule has 1 aliphatic carbocycles. The van der Waals surface area contributed by atoms with E-state index in [9.17, 15) is 4.79 Å². The average Bonchev–Trinajstić information content (AvgIpc) is 3.23. The molecule has 0 atom stereocenters. The van der Waals surface area contributed by atoms with Crippen LogP contribution in [0.3, 0.4) is 0 Å². The highest BCUT2D eigenvalue weighted by Crippen LogP contribution is 2.27. The van der Waals surface area contributed by atoms with E-state index in [0.29, 0.717) is 25.8 Å². The van der Waals surface area contributed by atoms with Crippen LogP contribution in [-0.4, -0.2) is 72.9 Å². The molecule has 1 amide bonds. The number of hydrogen-bond donors (Lipinski definition) is 1. The maximum absolute atomic E-state index is 12.2. The minimum atomic E-state index is 0.231. The Balaban J connectivity index is 1.74. The van der Waals surface area contributed by atoms with Crippen molar-refractivity contribution in [1.82, 2.24) is 9.80 Å². The Bertz CT molecular complexity index is 263. The zero-order valence-corrected chi connectivity index (χ0v) is 11.0. The summed E-state index contributed by atoms with van der Waals surface area (Å²) in [4.78, 5) is 16.3. The summed E-state index contributed by atoms with van der Waals surface area (Å²) in [6.45, 7) is 4.51. The smallest absolute Gasteiger partial charge is 0.236 e. The first-order valence-corrected chi connectivity index (χ1v) is 7.01.